The Hall–Kier alpha value is -2.29. The summed E-state index contributed by atoms with van der Waals surface area (Å²) in [7, 11) is 0. The van der Waals surface area contributed by atoms with Gasteiger partial charge in [-0.25, -0.2) is 4.79 Å². The molecule has 19 heavy (non-hydrogen) atoms. The van der Waals surface area contributed by atoms with Crippen LogP contribution >= 0.6 is 0 Å². The Morgan fingerprint density at radius 2 is 1.79 bits per heavy atom. The van der Waals surface area contributed by atoms with Crippen LogP contribution in [-0.2, 0) is 4.74 Å². The maximum atomic E-state index is 12.0. The van der Waals surface area contributed by atoms with Crippen molar-refractivity contribution in [1.29, 1.82) is 0 Å². The van der Waals surface area contributed by atoms with Crippen molar-refractivity contribution in [3.8, 4) is 5.75 Å². The van der Waals surface area contributed by atoms with Crippen LogP contribution in [0.25, 0.3) is 0 Å². The zero-order valence-corrected chi connectivity index (χ0v) is 11.0. The number of rotatable bonds is 3. The number of hydrogen-bond acceptors (Lipinski definition) is 3. The minimum atomic E-state index is -0.516. The molecule has 3 nitrogen and oxygen atoms in total. The monoisotopic (exact) mass is 256 g/mol. The Bertz CT molecular complexity index is 576. The largest absolute Gasteiger partial charge is 0.507 e. The molecule has 0 aromatic heterocycles. The van der Waals surface area contributed by atoms with Gasteiger partial charge in [0, 0.05) is 0 Å². The molecule has 2 rings (SSSR count). The molecule has 0 fully saturated rings. The number of benzene rings is 2. The van der Waals surface area contributed by atoms with Crippen LogP contribution in [0.4, 0.5) is 0 Å². The third-order valence-electron chi connectivity index (χ3n) is 3.01. The van der Waals surface area contributed by atoms with Crippen LogP contribution in [0.3, 0.4) is 0 Å². The average Bonchev–Trinajstić information content (AvgIpc) is 2.42. The van der Waals surface area contributed by atoms with E-state index in [1.807, 2.05) is 30.3 Å². The first-order valence-corrected chi connectivity index (χ1v) is 6.14. The quantitative estimate of drug-likeness (QED) is 0.853. The highest BCUT2D eigenvalue weighted by Crippen LogP contribution is 2.25. The van der Waals surface area contributed by atoms with Crippen LogP contribution < -0.4 is 0 Å². The Morgan fingerprint density at radius 3 is 2.47 bits per heavy atom. The zero-order valence-electron chi connectivity index (χ0n) is 11.0. The summed E-state index contributed by atoms with van der Waals surface area (Å²) >= 11 is 0. The predicted molar refractivity (Wildman–Crippen MR) is 73.1 cm³/mol. The standard InChI is InChI=1S/C16H16O3/c1-11-7-6-10-14(15(11)17)16(18)19-12(2)13-8-4-3-5-9-13/h3-10,12,17H,1-2H3/t12-/m1/s1. The molecule has 1 N–H and O–H groups in total. The van der Waals surface area contributed by atoms with E-state index < -0.39 is 5.97 Å². The molecule has 0 aliphatic heterocycles. The fraction of sp³-hybridized carbons (Fsp3) is 0.188. The van der Waals surface area contributed by atoms with E-state index >= 15 is 0 Å². The third-order valence-corrected chi connectivity index (χ3v) is 3.01. The lowest BCUT2D eigenvalue weighted by Crippen LogP contribution is -2.09. The van der Waals surface area contributed by atoms with Gasteiger partial charge in [-0.05, 0) is 31.0 Å². The SMILES string of the molecule is Cc1cccc(C(=O)O[C@H](C)c2ccccc2)c1O. The maximum absolute atomic E-state index is 12.0. The Kier molecular flexibility index (Phi) is 3.85. The van der Waals surface area contributed by atoms with Crippen molar-refractivity contribution >= 4 is 5.97 Å². The molecule has 0 saturated heterocycles. The van der Waals surface area contributed by atoms with Crippen LogP contribution in [0, 0.1) is 6.92 Å². The Labute approximate surface area is 112 Å². The van der Waals surface area contributed by atoms with Crippen LogP contribution in [0.5, 0.6) is 5.75 Å². The van der Waals surface area contributed by atoms with Gasteiger partial charge in [0.1, 0.15) is 17.4 Å². The first kappa shape index (κ1) is 13.1. The minimum Gasteiger partial charge on any atom is -0.507 e. The number of aryl methyl sites for hydroxylation is 1. The lowest BCUT2D eigenvalue weighted by molar-refractivity contribution is 0.0334. The molecular weight excluding hydrogens is 240 g/mol. The lowest BCUT2D eigenvalue weighted by atomic mass is 10.1. The van der Waals surface area contributed by atoms with Gasteiger partial charge in [0.2, 0.25) is 0 Å². The third kappa shape index (κ3) is 2.94. The summed E-state index contributed by atoms with van der Waals surface area (Å²) in [5.74, 6) is -0.537. The van der Waals surface area contributed by atoms with Gasteiger partial charge in [-0.2, -0.15) is 0 Å². The van der Waals surface area contributed by atoms with E-state index in [2.05, 4.69) is 0 Å². The number of carbonyl (C=O) groups excluding carboxylic acids is 1. The van der Waals surface area contributed by atoms with E-state index in [9.17, 15) is 9.90 Å². The summed E-state index contributed by atoms with van der Waals surface area (Å²) < 4.78 is 5.36. The van der Waals surface area contributed by atoms with Crippen LogP contribution in [-0.4, -0.2) is 11.1 Å². The van der Waals surface area contributed by atoms with E-state index in [0.717, 1.165) is 5.56 Å². The van der Waals surface area contributed by atoms with Crippen LogP contribution in [0.1, 0.15) is 34.5 Å². The van der Waals surface area contributed by atoms with E-state index in [0.29, 0.717) is 5.56 Å². The van der Waals surface area contributed by atoms with Crippen molar-refractivity contribution in [2.24, 2.45) is 0 Å². The molecule has 0 amide bonds. The maximum Gasteiger partial charge on any atom is 0.342 e. The number of hydrogen-bond donors (Lipinski definition) is 1. The van der Waals surface area contributed by atoms with Crippen molar-refractivity contribution in [1.82, 2.24) is 0 Å². The summed E-state index contributed by atoms with van der Waals surface area (Å²) in [5.41, 5.74) is 1.77. The van der Waals surface area contributed by atoms with Gasteiger partial charge in [0.15, 0.2) is 0 Å². The Morgan fingerprint density at radius 1 is 1.11 bits per heavy atom. The van der Waals surface area contributed by atoms with Gasteiger partial charge in [-0.15, -0.1) is 0 Å². The first-order valence-electron chi connectivity index (χ1n) is 6.14. The molecule has 0 unspecified atom stereocenters. The molecule has 3 heteroatoms. The molecule has 1 atom stereocenters. The molecule has 0 spiro atoms. The van der Waals surface area contributed by atoms with E-state index in [-0.39, 0.29) is 17.4 Å². The summed E-state index contributed by atoms with van der Waals surface area (Å²) in [6, 6.07) is 14.5. The number of carbonyl (C=O) groups is 1. The van der Waals surface area contributed by atoms with Crippen molar-refractivity contribution in [2.75, 3.05) is 0 Å². The second-order valence-electron chi connectivity index (χ2n) is 4.43. The highest BCUT2D eigenvalue weighted by Gasteiger charge is 2.17. The molecule has 0 aliphatic rings. The topological polar surface area (TPSA) is 46.5 Å². The normalized spacial score (nSPS) is 11.9. The van der Waals surface area contributed by atoms with Gasteiger partial charge in [0.05, 0.1) is 0 Å². The smallest absolute Gasteiger partial charge is 0.342 e. The minimum absolute atomic E-state index is 0.0206. The fourth-order valence-electron chi connectivity index (χ4n) is 1.84. The van der Waals surface area contributed by atoms with Crippen molar-refractivity contribution in [2.45, 2.75) is 20.0 Å². The van der Waals surface area contributed by atoms with Crippen molar-refractivity contribution in [3.05, 3.63) is 65.2 Å². The highest BCUT2D eigenvalue weighted by atomic mass is 16.5. The second-order valence-corrected chi connectivity index (χ2v) is 4.43. The van der Waals surface area contributed by atoms with E-state index in [1.54, 1.807) is 32.0 Å². The number of ether oxygens (including phenoxy) is 1. The van der Waals surface area contributed by atoms with Crippen LogP contribution in [0.15, 0.2) is 48.5 Å². The lowest BCUT2D eigenvalue weighted by Gasteiger charge is -2.14. The Balaban J connectivity index is 2.16. The number of esters is 1. The second kappa shape index (κ2) is 5.57. The van der Waals surface area contributed by atoms with Crippen LogP contribution in [0.2, 0.25) is 0 Å². The van der Waals surface area contributed by atoms with Crippen molar-refractivity contribution < 1.29 is 14.6 Å². The number of para-hydroxylation sites is 1. The summed E-state index contributed by atoms with van der Waals surface area (Å²) in [4.78, 5) is 12.0. The zero-order chi connectivity index (χ0) is 13.8. The summed E-state index contributed by atoms with van der Waals surface area (Å²) in [6.07, 6.45) is -0.353. The molecule has 2 aromatic rings. The summed E-state index contributed by atoms with van der Waals surface area (Å²) in [6.45, 7) is 3.55. The molecule has 0 radical (unpaired) electrons. The summed E-state index contributed by atoms with van der Waals surface area (Å²) in [5, 5.41) is 9.85. The molecule has 0 bridgehead atoms. The number of phenolic OH excluding ortho intramolecular Hbond substituents is 1. The highest BCUT2D eigenvalue weighted by molar-refractivity contribution is 5.93. The first-order chi connectivity index (χ1) is 9.09. The van der Waals surface area contributed by atoms with Crippen molar-refractivity contribution in [3.63, 3.8) is 0 Å². The van der Waals surface area contributed by atoms with Gasteiger partial charge in [-0.1, -0.05) is 42.5 Å². The van der Waals surface area contributed by atoms with E-state index in [4.69, 9.17) is 4.74 Å². The van der Waals surface area contributed by atoms with E-state index in [1.165, 1.54) is 0 Å². The fourth-order valence-corrected chi connectivity index (χ4v) is 1.84. The van der Waals surface area contributed by atoms with Gasteiger partial charge in [0.25, 0.3) is 0 Å². The predicted octanol–water partition coefficient (Wildman–Crippen LogP) is 3.62. The molecule has 0 aliphatic carbocycles. The number of phenols is 1. The average molecular weight is 256 g/mol. The van der Waals surface area contributed by atoms with Gasteiger partial charge in [-0.3, -0.25) is 0 Å². The van der Waals surface area contributed by atoms with Gasteiger partial charge < -0.3 is 9.84 Å². The van der Waals surface area contributed by atoms with Gasteiger partial charge >= 0.3 is 5.97 Å². The number of aromatic hydroxyl groups is 1. The molecule has 0 heterocycles. The molecule has 2 aromatic carbocycles. The molecule has 98 valence electrons. The molecule has 0 saturated carbocycles. The molecular formula is C16H16O3.